The minimum absolute atomic E-state index is 0.143. The zero-order valence-corrected chi connectivity index (χ0v) is 11.6. The fraction of sp³-hybridized carbons (Fsp3) is 0.583. The molecule has 0 aliphatic heterocycles. The molecule has 0 radical (unpaired) electrons. The van der Waals surface area contributed by atoms with E-state index in [0.717, 1.165) is 6.42 Å². The van der Waals surface area contributed by atoms with Gasteiger partial charge in [-0.1, -0.05) is 6.42 Å². The van der Waals surface area contributed by atoms with Crippen LogP contribution in [0.5, 0.6) is 0 Å². The number of sulfone groups is 1. The van der Waals surface area contributed by atoms with Crippen molar-refractivity contribution >= 4 is 27.2 Å². The van der Waals surface area contributed by atoms with Gasteiger partial charge in [-0.05, 0) is 43.0 Å². The SMILES string of the molecule is CS(=O)(=O)C1CCCC(C(=O)c2ccc(Cl)o2)C1. The van der Waals surface area contributed by atoms with Gasteiger partial charge in [0.2, 0.25) is 5.78 Å². The third-order valence-electron chi connectivity index (χ3n) is 3.42. The molecule has 2 unspecified atom stereocenters. The molecule has 1 aliphatic carbocycles. The Morgan fingerprint density at radius 3 is 2.67 bits per heavy atom. The maximum Gasteiger partial charge on any atom is 0.201 e. The smallest absolute Gasteiger partial charge is 0.201 e. The van der Waals surface area contributed by atoms with E-state index in [1.165, 1.54) is 18.4 Å². The Bertz CT molecular complexity index is 546. The Hall–Kier alpha value is -0.810. The van der Waals surface area contributed by atoms with Crippen LogP contribution in [0, 0.1) is 5.92 Å². The van der Waals surface area contributed by atoms with Crippen molar-refractivity contribution in [1.29, 1.82) is 0 Å². The first-order valence-electron chi connectivity index (χ1n) is 5.86. The molecule has 2 rings (SSSR count). The van der Waals surface area contributed by atoms with Crippen molar-refractivity contribution in [3.63, 3.8) is 0 Å². The predicted octanol–water partition coefficient (Wildman–Crippen LogP) is 2.72. The predicted molar refractivity (Wildman–Crippen MR) is 68.6 cm³/mol. The first kappa shape index (κ1) is 13.6. The molecule has 0 bridgehead atoms. The molecule has 0 N–H and O–H groups in total. The summed E-state index contributed by atoms with van der Waals surface area (Å²) in [6.07, 6.45) is 3.72. The summed E-state index contributed by atoms with van der Waals surface area (Å²) in [7, 11) is -3.08. The van der Waals surface area contributed by atoms with Crippen LogP contribution in [0.2, 0.25) is 5.22 Å². The second-order valence-corrected chi connectivity index (χ2v) is 7.48. The van der Waals surface area contributed by atoms with E-state index in [4.69, 9.17) is 16.0 Å². The molecule has 1 fully saturated rings. The Morgan fingerprint density at radius 2 is 2.11 bits per heavy atom. The molecule has 1 aromatic rings. The van der Waals surface area contributed by atoms with Crippen LogP contribution in [-0.4, -0.2) is 25.7 Å². The lowest BCUT2D eigenvalue weighted by Gasteiger charge is -2.26. The van der Waals surface area contributed by atoms with Gasteiger partial charge in [-0.3, -0.25) is 4.79 Å². The number of Topliss-reactive ketones (excluding diaryl/α,β-unsaturated/α-hetero) is 1. The molecule has 18 heavy (non-hydrogen) atoms. The Morgan fingerprint density at radius 1 is 1.39 bits per heavy atom. The normalized spacial score (nSPS) is 25.0. The van der Waals surface area contributed by atoms with Gasteiger partial charge < -0.3 is 4.42 Å². The van der Waals surface area contributed by atoms with Gasteiger partial charge in [0, 0.05) is 12.2 Å². The van der Waals surface area contributed by atoms with E-state index in [1.807, 2.05) is 0 Å². The van der Waals surface area contributed by atoms with Gasteiger partial charge in [0.25, 0.3) is 0 Å². The number of hydrogen-bond donors (Lipinski definition) is 0. The van der Waals surface area contributed by atoms with Gasteiger partial charge in [-0.2, -0.15) is 0 Å². The number of hydrogen-bond acceptors (Lipinski definition) is 4. The van der Waals surface area contributed by atoms with E-state index in [2.05, 4.69) is 0 Å². The van der Waals surface area contributed by atoms with Crippen molar-refractivity contribution in [2.45, 2.75) is 30.9 Å². The highest BCUT2D eigenvalue weighted by molar-refractivity contribution is 7.91. The summed E-state index contributed by atoms with van der Waals surface area (Å²) in [5.74, 6) is -0.199. The summed E-state index contributed by atoms with van der Waals surface area (Å²) < 4.78 is 28.2. The number of halogens is 1. The molecule has 1 aromatic heterocycles. The highest BCUT2D eigenvalue weighted by Gasteiger charge is 2.33. The van der Waals surface area contributed by atoms with Crippen LogP contribution in [0.3, 0.4) is 0 Å². The molecule has 2 atom stereocenters. The molecule has 100 valence electrons. The third-order valence-corrected chi connectivity index (χ3v) is 5.26. The van der Waals surface area contributed by atoms with Gasteiger partial charge in [0.15, 0.2) is 11.0 Å². The molecule has 1 heterocycles. The fourth-order valence-electron chi connectivity index (χ4n) is 2.42. The lowest BCUT2D eigenvalue weighted by molar-refractivity contribution is 0.0862. The van der Waals surface area contributed by atoms with E-state index >= 15 is 0 Å². The highest BCUT2D eigenvalue weighted by atomic mass is 35.5. The molecule has 0 amide bonds. The Kier molecular flexibility index (Phi) is 3.82. The monoisotopic (exact) mass is 290 g/mol. The summed E-state index contributed by atoms with van der Waals surface area (Å²) in [5, 5.41) is -0.237. The van der Waals surface area contributed by atoms with E-state index in [1.54, 1.807) is 0 Å². The van der Waals surface area contributed by atoms with E-state index in [-0.39, 0.29) is 22.7 Å². The maximum atomic E-state index is 12.1. The standard InChI is InChI=1S/C12H15ClO4S/c1-18(15,16)9-4-2-3-8(7-9)12(14)10-5-6-11(13)17-10/h5-6,8-9H,2-4,7H2,1H3. The summed E-state index contributed by atoms with van der Waals surface area (Å²) >= 11 is 5.63. The van der Waals surface area contributed by atoms with E-state index in [9.17, 15) is 13.2 Å². The second-order valence-electron chi connectivity index (χ2n) is 4.78. The second kappa shape index (κ2) is 5.05. The zero-order chi connectivity index (χ0) is 13.3. The first-order valence-corrected chi connectivity index (χ1v) is 8.19. The Balaban J connectivity index is 2.12. The van der Waals surface area contributed by atoms with Crippen LogP contribution in [0.25, 0.3) is 0 Å². The van der Waals surface area contributed by atoms with Crippen LogP contribution in [-0.2, 0) is 9.84 Å². The summed E-state index contributed by atoms with van der Waals surface area (Å²) in [5.41, 5.74) is 0. The van der Waals surface area contributed by atoms with Gasteiger partial charge in [0.05, 0.1) is 5.25 Å². The van der Waals surface area contributed by atoms with Crippen molar-refractivity contribution in [2.24, 2.45) is 5.92 Å². The topological polar surface area (TPSA) is 64.3 Å². The van der Waals surface area contributed by atoms with Crippen LogP contribution < -0.4 is 0 Å². The summed E-state index contributed by atoms with van der Waals surface area (Å²) in [6.45, 7) is 0. The minimum atomic E-state index is -3.08. The first-order chi connectivity index (χ1) is 8.38. The van der Waals surface area contributed by atoms with Crippen LogP contribution in [0.15, 0.2) is 16.5 Å². The fourth-order valence-corrected chi connectivity index (χ4v) is 3.74. The van der Waals surface area contributed by atoms with E-state index < -0.39 is 15.1 Å². The van der Waals surface area contributed by atoms with Gasteiger partial charge in [0.1, 0.15) is 9.84 Å². The maximum absolute atomic E-state index is 12.1. The minimum Gasteiger partial charge on any atom is -0.442 e. The van der Waals surface area contributed by atoms with Gasteiger partial charge >= 0.3 is 0 Å². The molecule has 4 nitrogen and oxygen atoms in total. The zero-order valence-electron chi connectivity index (χ0n) is 10.1. The largest absolute Gasteiger partial charge is 0.442 e. The summed E-state index contributed by atoms with van der Waals surface area (Å²) in [6, 6.07) is 3.06. The van der Waals surface area contributed by atoms with Crippen molar-refractivity contribution in [3.8, 4) is 0 Å². The van der Waals surface area contributed by atoms with Crippen molar-refractivity contribution in [2.75, 3.05) is 6.26 Å². The number of rotatable bonds is 3. The van der Waals surface area contributed by atoms with Crippen molar-refractivity contribution in [1.82, 2.24) is 0 Å². The molecule has 6 heteroatoms. The van der Waals surface area contributed by atoms with Crippen LogP contribution >= 0.6 is 11.6 Å². The van der Waals surface area contributed by atoms with Crippen LogP contribution in [0.4, 0.5) is 0 Å². The van der Waals surface area contributed by atoms with E-state index in [0.29, 0.717) is 19.3 Å². The molecule has 0 spiro atoms. The van der Waals surface area contributed by atoms with Crippen molar-refractivity contribution in [3.05, 3.63) is 23.1 Å². The molecule has 0 aromatic carbocycles. The molecule has 1 saturated carbocycles. The van der Waals surface area contributed by atoms with Crippen molar-refractivity contribution < 1.29 is 17.6 Å². The molecular weight excluding hydrogens is 276 g/mol. The number of carbonyl (C=O) groups excluding carboxylic acids is 1. The molecular formula is C12H15ClO4S. The van der Waals surface area contributed by atoms with Gasteiger partial charge in [-0.15, -0.1) is 0 Å². The highest BCUT2D eigenvalue weighted by Crippen LogP contribution is 2.31. The molecule has 0 saturated heterocycles. The number of furan rings is 1. The lowest BCUT2D eigenvalue weighted by Crippen LogP contribution is -2.31. The lowest BCUT2D eigenvalue weighted by atomic mass is 9.85. The quantitative estimate of drug-likeness (QED) is 0.803. The number of ketones is 1. The van der Waals surface area contributed by atoms with Crippen LogP contribution in [0.1, 0.15) is 36.2 Å². The Labute approximate surface area is 111 Å². The summed E-state index contributed by atoms with van der Waals surface area (Å²) in [4.78, 5) is 12.1. The number of carbonyl (C=O) groups is 1. The molecule has 1 aliphatic rings. The van der Waals surface area contributed by atoms with Gasteiger partial charge in [-0.25, -0.2) is 8.42 Å². The average Bonchev–Trinajstić information content (AvgIpc) is 2.74. The third kappa shape index (κ3) is 2.95. The average molecular weight is 291 g/mol.